The van der Waals surface area contributed by atoms with Crippen LogP contribution < -0.4 is 24.8 Å². The van der Waals surface area contributed by atoms with Gasteiger partial charge >= 0.3 is 332 Å². The number of furan rings is 2. The van der Waals surface area contributed by atoms with Crippen LogP contribution in [-0.2, 0) is 20.4 Å². The number of allylic oxidation sites excluding steroid dienone is 2. The number of hydrogen-bond donors (Lipinski definition) is 0. The fourth-order valence-corrected chi connectivity index (χ4v) is 29.2. The molecule has 2 heterocycles. The number of fused-ring (bicyclic) bond motifs is 2. The molecule has 6 aromatic rings. The molecule has 0 aliphatic heterocycles. The van der Waals surface area contributed by atoms with Gasteiger partial charge in [-0.25, -0.2) is 0 Å². The molecule has 2 aliphatic rings. The van der Waals surface area contributed by atoms with Crippen LogP contribution in [0.1, 0.15) is 114 Å². The van der Waals surface area contributed by atoms with Crippen LogP contribution in [0.25, 0.3) is 45.6 Å². The third-order valence-corrected chi connectivity index (χ3v) is 31.1. The van der Waals surface area contributed by atoms with E-state index in [1.807, 2.05) is 0 Å². The topological polar surface area (TPSA) is 26.3 Å². The summed E-state index contributed by atoms with van der Waals surface area (Å²) < 4.78 is 13.9. The van der Waals surface area contributed by atoms with E-state index in [0.29, 0.717) is 19.1 Å². The standard InChI is InChI=1S/2C24H23O.C2H6Si.2ClH.Zr/c2*1-15(2)21-13-19-12-20(23-11-10-16(3)25-23)14-22(19)24(17(21)4)18-8-6-5-7-9-18;1-3-2;;;/h2*5-15H,1-4H3;1-2H3;2*1H;/q;;;;;+2/p-2. The SMILES string of the molecule is Cc1ccc(C2=Cc3c(cc(C(C)C)c(C)c3-c3ccccc3)[CH]2[Zr+2]([CH]2C(c3ccc(C)o3)=Cc3c2cc(C(C)C)c(C)c3-c2ccccc2)=[Si](C)C)o1.[Cl-].[Cl-]. The normalized spacial score (nSPS) is 15.4. The predicted octanol–water partition coefficient (Wildman–Crippen LogP) is 8.46. The molecule has 0 saturated carbocycles. The molecule has 6 heteroatoms. The van der Waals surface area contributed by atoms with E-state index in [9.17, 15) is 0 Å². The fraction of sp³-hybridized carbons (Fsp3) is 0.280. The summed E-state index contributed by atoms with van der Waals surface area (Å²) in [4.78, 5) is 0. The van der Waals surface area contributed by atoms with Crippen molar-refractivity contribution in [2.75, 3.05) is 0 Å². The van der Waals surface area contributed by atoms with Gasteiger partial charge < -0.3 is 24.8 Å². The second-order valence-electron chi connectivity index (χ2n) is 16.3. The molecule has 0 N–H and O–H groups in total. The average Bonchev–Trinajstić information content (AvgIpc) is 3.94. The zero-order chi connectivity index (χ0) is 38.0. The Bertz CT molecular complexity index is 2340. The summed E-state index contributed by atoms with van der Waals surface area (Å²) in [6.45, 7) is 23.5. The Morgan fingerprint density at radius 3 is 1.21 bits per heavy atom. The Morgan fingerprint density at radius 1 is 0.536 bits per heavy atom. The Morgan fingerprint density at radius 2 is 0.911 bits per heavy atom. The van der Waals surface area contributed by atoms with Gasteiger partial charge in [0.2, 0.25) is 0 Å². The van der Waals surface area contributed by atoms with E-state index < -0.39 is 25.8 Å². The van der Waals surface area contributed by atoms with Crippen molar-refractivity contribution in [1.82, 2.24) is 0 Å². The zero-order valence-corrected chi connectivity index (χ0v) is 39.2. The predicted molar refractivity (Wildman–Crippen MR) is 227 cm³/mol. The third-order valence-electron chi connectivity index (χ3n) is 11.9. The number of benzene rings is 4. The molecule has 2 atom stereocenters. The van der Waals surface area contributed by atoms with E-state index >= 15 is 0 Å². The van der Waals surface area contributed by atoms with Crippen molar-refractivity contribution in [3.05, 3.63) is 165 Å². The van der Waals surface area contributed by atoms with Crippen LogP contribution >= 0.6 is 0 Å². The van der Waals surface area contributed by atoms with Crippen LogP contribution in [0, 0.1) is 27.7 Å². The summed E-state index contributed by atoms with van der Waals surface area (Å²) in [7, 11) is 0. The monoisotopic (exact) mass is 872 g/mol. The molecular formula is C50H52Cl2O2SiZr. The van der Waals surface area contributed by atoms with Gasteiger partial charge in [0, 0.05) is 0 Å². The second-order valence-corrected chi connectivity index (χ2v) is 34.2. The molecule has 2 aromatic heterocycles. The molecule has 2 aliphatic carbocycles. The van der Waals surface area contributed by atoms with E-state index in [4.69, 9.17) is 8.83 Å². The van der Waals surface area contributed by atoms with Crippen LogP contribution in [0.15, 0.2) is 106 Å². The zero-order valence-electron chi connectivity index (χ0n) is 34.3. The Balaban J connectivity index is 0.00000266. The van der Waals surface area contributed by atoms with Gasteiger partial charge in [0.25, 0.3) is 0 Å². The van der Waals surface area contributed by atoms with E-state index in [1.54, 1.807) is 0 Å². The van der Waals surface area contributed by atoms with Gasteiger partial charge in [0.1, 0.15) is 0 Å². The van der Waals surface area contributed by atoms with Gasteiger partial charge in [0.15, 0.2) is 0 Å². The molecule has 0 fully saturated rings. The van der Waals surface area contributed by atoms with Crippen molar-refractivity contribution in [2.24, 2.45) is 0 Å². The molecule has 286 valence electrons. The van der Waals surface area contributed by atoms with E-state index in [2.05, 4.69) is 178 Å². The Kier molecular flexibility index (Phi) is 12.7. The minimum Gasteiger partial charge on any atom is -1.00 e. The molecule has 0 saturated heterocycles. The molecular weight excluding hydrogens is 823 g/mol. The van der Waals surface area contributed by atoms with Crippen molar-refractivity contribution >= 4 is 28.7 Å². The second kappa shape index (κ2) is 16.8. The number of hydrogen-bond acceptors (Lipinski definition) is 2. The van der Waals surface area contributed by atoms with Crippen LogP contribution in [0.4, 0.5) is 0 Å². The van der Waals surface area contributed by atoms with Crippen molar-refractivity contribution in [1.29, 1.82) is 0 Å². The summed E-state index contributed by atoms with van der Waals surface area (Å²) in [6.07, 6.45) is 5.09. The van der Waals surface area contributed by atoms with E-state index in [-0.39, 0.29) is 24.8 Å². The molecule has 56 heavy (non-hydrogen) atoms. The molecule has 0 spiro atoms. The first kappa shape index (κ1) is 42.2. The smallest absolute Gasteiger partial charge is 1.00 e. The van der Waals surface area contributed by atoms with Crippen molar-refractivity contribution in [2.45, 2.75) is 87.6 Å². The van der Waals surface area contributed by atoms with E-state index in [0.717, 1.165) is 23.0 Å². The van der Waals surface area contributed by atoms with Crippen molar-refractivity contribution in [3.63, 3.8) is 0 Å². The summed E-state index contributed by atoms with van der Waals surface area (Å²) in [5.74, 6) is 4.82. The Hall–Kier alpha value is -3.40. The van der Waals surface area contributed by atoms with E-state index in [1.165, 1.54) is 77.9 Å². The first-order chi connectivity index (χ1) is 25.9. The maximum absolute atomic E-state index is 6.64. The maximum Gasteiger partial charge on any atom is -1.00 e. The van der Waals surface area contributed by atoms with Crippen molar-refractivity contribution in [3.8, 4) is 22.3 Å². The van der Waals surface area contributed by atoms with Crippen molar-refractivity contribution < 1.29 is 54.0 Å². The molecule has 4 aromatic carbocycles. The van der Waals surface area contributed by atoms with Gasteiger partial charge in [-0.1, -0.05) is 0 Å². The third kappa shape index (κ3) is 7.30. The van der Waals surface area contributed by atoms with Gasteiger partial charge in [-0.2, -0.15) is 0 Å². The molecule has 0 radical (unpaired) electrons. The number of halogens is 2. The average molecular weight is 875 g/mol. The molecule has 2 nitrogen and oxygen atoms in total. The minimum absolute atomic E-state index is 0. The fourth-order valence-electron chi connectivity index (χ4n) is 9.46. The summed E-state index contributed by atoms with van der Waals surface area (Å²) in [5, 5.41) is 0. The quantitative estimate of drug-likeness (QED) is 0.144. The Labute approximate surface area is 354 Å². The van der Waals surface area contributed by atoms with Gasteiger partial charge in [0.05, 0.1) is 0 Å². The van der Waals surface area contributed by atoms with Crippen LogP contribution in [0.2, 0.25) is 13.1 Å². The largest absolute Gasteiger partial charge is 1.00 e. The molecule has 2 unspecified atom stereocenters. The number of aryl methyl sites for hydroxylation is 2. The number of rotatable bonds is 8. The summed E-state index contributed by atoms with van der Waals surface area (Å²) in [5.41, 5.74) is 18.9. The molecule has 0 bridgehead atoms. The van der Waals surface area contributed by atoms with Gasteiger partial charge in [-0.05, 0) is 0 Å². The molecule has 0 amide bonds. The van der Waals surface area contributed by atoms with Crippen LogP contribution in [-0.4, -0.2) is 5.43 Å². The summed E-state index contributed by atoms with van der Waals surface area (Å²) >= 11 is -2.73. The van der Waals surface area contributed by atoms with Gasteiger partial charge in [-0.15, -0.1) is 0 Å². The van der Waals surface area contributed by atoms with Crippen LogP contribution in [0.5, 0.6) is 0 Å². The first-order valence-electron chi connectivity index (χ1n) is 19.6. The molecule has 8 rings (SSSR count). The maximum atomic E-state index is 6.64. The van der Waals surface area contributed by atoms with Gasteiger partial charge in [-0.3, -0.25) is 0 Å². The summed E-state index contributed by atoms with van der Waals surface area (Å²) in [6, 6.07) is 36.2. The van der Waals surface area contributed by atoms with Crippen LogP contribution in [0.3, 0.4) is 0 Å². The first-order valence-corrected chi connectivity index (χ1v) is 28.7. The minimum atomic E-state index is -2.73.